The Bertz CT molecular complexity index is 262. The molecule has 0 bridgehead atoms. The van der Waals surface area contributed by atoms with Crippen LogP contribution in [0.5, 0.6) is 0 Å². The SMILES string of the molecule is CO/N=C/CCOP(N)(=O)N(CCCl)CCCl. The molecule has 0 aromatic rings. The van der Waals surface area contributed by atoms with Gasteiger partial charge in [0, 0.05) is 37.5 Å². The van der Waals surface area contributed by atoms with Gasteiger partial charge in [0.15, 0.2) is 0 Å². The molecule has 0 aliphatic rings. The molecule has 0 aliphatic carbocycles. The minimum atomic E-state index is -3.32. The second-order valence-corrected chi connectivity index (χ2v) is 5.70. The number of oxime groups is 1. The number of halogens is 2. The van der Waals surface area contributed by atoms with Gasteiger partial charge in [-0.1, -0.05) is 5.16 Å². The van der Waals surface area contributed by atoms with Gasteiger partial charge in [0.2, 0.25) is 0 Å². The Kier molecular flexibility index (Phi) is 10.2. The second kappa shape index (κ2) is 10.1. The van der Waals surface area contributed by atoms with Crippen molar-refractivity contribution in [3.05, 3.63) is 0 Å². The van der Waals surface area contributed by atoms with E-state index < -0.39 is 7.67 Å². The standard InChI is InChI=1S/C8H18Cl2N3O3P/c1-15-12-5-2-8-16-17(11,14)13(6-3-9)7-4-10/h5H,2-4,6-8H2,1H3,(H2,11,14)/b12-5+. The summed E-state index contributed by atoms with van der Waals surface area (Å²) in [5, 5.41) is 3.52. The van der Waals surface area contributed by atoms with Crippen LogP contribution in [0.1, 0.15) is 6.42 Å². The summed E-state index contributed by atoms with van der Waals surface area (Å²) < 4.78 is 18.6. The fourth-order valence-electron chi connectivity index (χ4n) is 1.03. The molecule has 0 heterocycles. The van der Waals surface area contributed by atoms with E-state index in [9.17, 15) is 4.57 Å². The average Bonchev–Trinajstić information content (AvgIpc) is 2.28. The van der Waals surface area contributed by atoms with Crippen LogP contribution in [-0.2, 0) is 13.9 Å². The monoisotopic (exact) mass is 305 g/mol. The Balaban J connectivity index is 4.12. The van der Waals surface area contributed by atoms with E-state index in [-0.39, 0.29) is 6.61 Å². The first-order valence-corrected chi connectivity index (χ1v) is 7.75. The summed E-state index contributed by atoms with van der Waals surface area (Å²) in [6.45, 7) is 0.935. The predicted molar refractivity (Wildman–Crippen MR) is 70.9 cm³/mol. The molecule has 0 saturated carbocycles. The molecule has 0 amide bonds. The van der Waals surface area contributed by atoms with E-state index in [2.05, 4.69) is 9.99 Å². The number of nitrogens with zero attached hydrogens (tertiary/aromatic N) is 2. The van der Waals surface area contributed by atoms with Gasteiger partial charge in [-0.05, 0) is 0 Å². The first-order valence-electron chi connectivity index (χ1n) is 5.04. The summed E-state index contributed by atoms with van der Waals surface area (Å²) >= 11 is 11.2. The fourth-order valence-corrected chi connectivity index (χ4v) is 2.96. The van der Waals surface area contributed by atoms with Gasteiger partial charge >= 0.3 is 7.67 Å². The maximum Gasteiger partial charge on any atom is 0.340 e. The predicted octanol–water partition coefficient (Wildman–Crippen LogP) is 1.87. The molecule has 0 fully saturated rings. The summed E-state index contributed by atoms with van der Waals surface area (Å²) in [6, 6.07) is 0. The summed E-state index contributed by atoms with van der Waals surface area (Å²) in [6.07, 6.45) is 1.97. The molecule has 0 aliphatic heterocycles. The van der Waals surface area contributed by atoms with E-state index in [4.69, 9.17) is 33.2 Å². The van der Waals surface area contributed by atoms with Crippen LogP contribution in [0.2, 0.25) is 0 Å². The Morgan fingerprint density at radius 1 is 1.41 bits per heavy atom. The minimum Gasteiger partial charge on any atom is -0.399 e. The Morgan fingerprint density at radius 3 is 2.47 bits per heavy atom. The maximum atomic E-state index is 12.0. The van der Waals surface area contributed by atoms with Gasteiger partial charge in [-0.15, -0.1) is 23.2 Å². The molecule has 0 aromatic carbocycles. The summed E-state index contributed by atoms with van der Waals surface area (Å²) in [4.78, 5) is 4.47. The fraction of sp³-hybridized carbons (Fsp3) is 0.875. The van der Waals surface area contributed by atoms with Gasteiger partial charge in [-0.3, -0.25) is 4.57 Å². The highest BCUT2D eigenvalue weighted by Crippen LogP contribution is 2.42. The van der Waals surface area contributed by atoms with E-state index in [1.54, 1.807) is 0 Å². The molecule has 102 valence electrons. The number of alkyl halides is 2. The lowest BCUT2D eigenvalue weighted by atomic mass is 10.5. The quantitative estimate of drug-likeness (QED) is 0.219. The average molecular weight is 306 g/mol. The van der Waals surface area contributed by atoms with Crippen LogP contribution in [0.15, 0.2) is 5.16 Å². The molecule has 2 N–H and O–H groups in total. The Hall–Kier alpha value is 0.160. The van der Waals surface area contributed by atoms with Gasteiger partial charge in [-0.25, -0.2) is 10.2 Å². The van der Waals surface area contributed by atoms with Gasteiger partial charge in [0.1, 0.15) is 7.11 Å². The van der Waals surface area contributed by atoms with Crippen LogP contribution in [0.4, 0.5) is 0 Å². The molecular weight excluding hydrogens is 288 g/mol. The first-order chi connectivity index (χ1) is 8.08. The van der Waals surface area contributed by atoms with Crippen molar-refractivity contribution in [2.24, 2.45) is 10.7 Å². The molecule has 17 heavy (non-hydrogen) atoms. The van der Waals surface area contributed by atoms with Crippen LogP contribution in [-0.4, -0.2) is 49.5 Å². The molecular formula is C8H18Cl2N3O3P. The summed E-state index contributed by atoms with van der Waals surface area (Å²) in [5.41, 5.74) is 5.61. The molecule has 1 unspecified atom stereocenters. The van der Waals surface area contributed by atoms with E-state index in [1.165, 1.54) is 18.0 Å². The van der Waals surface area contributed by atoms with E-state index in [0.717, 1.165) is 0 Å². The van der Waals surface area contributed by atoms with Crippen LogP contribution >= 0.6 is 30.9 Å². The zero-order valence-corrected chi connectivity index (χ0v) is 12.1. The van der Waals surface area contributed by atoms with E-state index >= 15 is 0 Å². The topological polar surface area (TPSA) is 77.1 Å². The Morgan fingerprint density at radius 2 is 2.00 bits per heavy atom. The lowest BCUT2D eigenvalue weighted by molar-refractivity contribution is 0.213. The van der Waals surface area contributed by atoms with Crippen molar-refractivity contribution < 1.29 is 13.9 Å². The Labute approximate surface area is 112 Å². The normalized spacial score (nSPS) is 15.4. The molecule has 0 rings (SSSR count). The van der Waals surface area contributed by atoms with Crippen LogP contribution in [0.25, 0.3) is 0 Å². The number of hydrogen-bond acceptors (Lipinski definition) is 4. The highest BCUT2D eigenvalue weighted by atomic mass is 35.5. The van der Waals surface area contributed by atoms with Crippen molar-refractivity contribution in [3.63, 3.8) is 0 Å². The van der Waals surface area contributed by atoms with Crippen LogP contribution < -0.4 is 5.50 Å². The van der Waals surface area contributed by atoms with Crippen molar-refractivity contribution in [1.29, 1.82) is 0 Å². The highest BCUT2D eigenvalue weighted by molar-refractivity contribution is 7.53. The third kappa shape index (κ3) is 7.97. The van der Waals surface area contributed by atoms with Gasteiger partial charge < -0.3 is 9.36 Å². The smallest absolute Gasteiger partial charge is 0.340 e. The zero-order chi connectivity index (χ0) is 13.1. The van der Waals surface area contributed by atoms with Gasteiger partial charge in [-0.2, -0.15) is 0 Å². The van der Waals surface area contributed by atoms with Crippen molar-refractivity contribution in [1.82, 2.24) is 4.67 Å². The van der Waals surface area contributed by atoms with Crippen molar-refractivity contribution in [2.45, 2.75) is 6.42 Å². The van der Waals surface area contributed by atoms with Crippen LogP contribution in [0, 0.1) is 0 Å². The number of hydrogen-bond donors (Lipinski definition) is 1. The second-order valence-electron chi connectivity index (χ2n) is 2.99. The minimum absolute atomic E-state index is 0.196. The van der Waals surface area contributed by atoms with Gasteiger partial charge in [0.05, 0.1) is 6.61 Å². The molecule has 0 radical (unpaired) electrons. The number of nitrogens with two attached hydrogens (primary N) is 1. The summed E-state index contributed by atoms with van der Waals surface area (Å²) in [7, 11) is -1.88. The van der Waals surface area contributed by atoms with Crippen molar-refractivity contribution in [2.75, 3.05) is 38.6 Å². The van der Waals surface area contributed by atoms with E-state index in [1.807, 2.05) is 0 Å². The third-order valence-electron chi connectivity index (χ3n) is 1.78. The molecule has 6 nitrogen and oxygen atoms in total. The molecule has 1 atom stereocenters. The summed E-state index contributed by atoms with van der Waals surface area (Å²) in [5.74, 6) is 0.624. The largest absolute Gasteiger partial charge is 0.399 e. The molecule has 9 heteroatoms. The number of rotatable bonds is 10. The van der Waals surface area contributed by atoms with Gasteiger partial charge in [0.25, 0.3) is 0 Å². The highest BCUT2D eigenvalue weighted by Gasteiger charge is 2.25. The van der Waals surface area contributed by atoms with Crippen molar-refractivity contribution in [3.8, 4) is 0 Å². The maximum absolute atomic E-state index is 12.0. The lowest BCUT2D eigenvalue weighted by Crippen LogP contribution is -2.29. The zero-order valence-electron chi connectivity index (χ0n) is 9.72. The molecule has 0 spiro atoms. The lowest BCUT2D eigenvalue weighted by Gasteiger charge is -2.26. The molecule has 0 saturated heterocycles. The van der Waals surface area contributed by atoms with Crippen molar-refractivity contribution >= 4 is 37.1 Å². The first kappa shape index (κ1) is 17.2. The van der Waals surface area contributed by atoms with Crippen LogP contribution in [0.3, 0.4) is 0 Å². The van der Waals surface area contributed by atoms with E-state index in [0.29, 0.717) is 31.3 Å². The third-order valence-corrected chi connectivity index (χ3v) is 3.86. The molecule has 0 aromatic heterocycles.